The van der Waals surface area contributed by atoms with Gasteiger partial charge in [-0.15, -0.1) is 0 Å². The van der Waals surface area contributed by atoms with Crippen LogP contribution in [-0.2, 0) is 21.5 Å². The van der Waals surface area contributed by atoms with Crippen LogP contribution in [0.5, 0.6) is 5.75 Å². The van der Waals surface area contributed by atoms with Crippen molar-refractivity contribution in [1.82, 2.24) is 35.2 Å². The fourth-order valence-electron chi connectivity index (χ4n) is 7.19. The van der Waals surface area contributed by atoms with Crippen LogP contribution in [0.4, 0.5) is 13.2 Å². The molecule has 4 heterocycles. The van der Waals surface area contributed by atoms with Gasteiger partial charge < -0.3 is 25.6 Å². The van der Waals surface area contributed by atoms with Crippen molar-refractivity contribution in [2.45, 2.75) is 62.7 Å². The predicted molar refractivity (Wildman–Crippen MR) is 193 cm³/mol. The van der Waals surface area contributed by atoms with E-state index in [0.29, 0.717) is 23.6 Å². The zero-order chi connectivity index (χ0) is 38.5. The second kappa shape index (κ2) is 16.7. The molecule has 4 aromatic rings. The number of aromatic nitrogens is 3. The molecule has 0 saturated carbocycles. The highest BCUT2D eigenvalue weighted by Gasteiger charge is 2.42. The minimum absolute atomic E-state index is 0.000901. The fraction of sp³-hybridized carbons (Fsp3) is 0.436. The van der Waals surface area contributed by atoms with Gasteiger partial charge in [0.05, 0.1) is 35.3 Å². The zero-order valence-corrected chi connectivity index (χ0v) is 30.2. The molecule has 2 aromatic heterocycles. The lowest BCUT2D eigenvalue weighted by Gasteiger charge is -2.47. The predicted octanol–water partition coefficient (Wildman–Crippen LogP) is 3.39. The van der Waals surface area contributed by atoms with Crippen LogP contribution in [0.1, 0.15) is 43.1 Å². The van der Waals surface area contributed by atoms with Gasteiger partial charge in [-0.25, -0.2) is 4.68 Å². The minimum atomic E-state index is -4.61. The number of ether oxygens (including phenoxy) is 1. The first kappa shape index (κ1) is 38.9. The number of aliphatic hydroxyl groups excluding tert-OH is 2. The number of aliphatic hydroxyl groups is 2. The third kappa shape index (κ3) is 9.45. The van der Waals surface area contributed by atoms with Gasteiger partial charge in [-0.05, 0) is 56.5 Å². The van der Waals surface area contributed by atoms with Gasteiger partial charge in [0.2, 0.25) is 11.8 Å². The number of nitrogens with zero attached hydrogens (tertiary/aromatic N) is 5. The van der Waals surface area contributed by atoms with Crippen molar-refractivity contribution in [2.24, 2.45) is 5.92 Å². The smallest absolute Gasteiger partial charge is 0.405 e. The number of rotatable bonds is 13. The number of hydrogen-bond acceptors (Lipinski definition) is 9. The van der Waals surface area contributed by atoms with E-state index in [1.54, 1.807) is 58.5 Å². The number of amides is 2. The molecule has 288 valence electrons. The number of halogens is 3. The molecule has 6 rings (SSSR count). The second-order valence-corrected chi connectivity index (χ2v) is 14.4. The van der Waals surface area contributed by atoms with E-state index in [0.717, 1.165) is 11.3 Å². The van der Waals surface area contributed by atoms with Crippen LogP contribution in [0, 0.1) is 5.92 Å². The maximum absolute atomic E-state index is 14.0. The molecule has 0 unspecified atom stereocenters. The Kier molecular flexibility index (Phi) is 12.0. The highest BCUT2D eigenvalue weighted by molar-refractivity contribution is 5.82. The number of benzene rings is 2. The minimum Gasteiger partial charge on any atom is -0.490 e. The SMILES string of the molecule is CC(C)(c1ccn(-c2cccnc2)n1)N1CCN(C[C@@H](O)C[C@H](Cc2ccccc2)C(=O)N[C@H]2c3ccccc3OC[C@H]2O)[C@H](C(=O)NCC(F)(F)F)C1. The molecular weight excluding hydrogens is 703 g/mol. The number of pyridine rings is 1. The van der Waals surface area contributed by atoms with Crippen LogP contribution in [0.3, 0.4) is 0 Å². The lowest BCUT2D eigenvalue weighted by Crippen LogP contribution is -2.63. The molecule has 1 saturated heterocycles. The van der Waals surface area contributed by atoms with Gasteiger partial charge in [0.1, 0.15) is 31.0 Å². The molecular formula is C39H46F3N7O5. The molecule has 2 aromatic carbocycles. The van der Waals surface area contributed by atoms with Gasteiger partial charge in [-0.3, -0.25) is 24.4 Å². The van der Waals surface area contributed by atoms with E-state index in [-0.39, 0.29) is 45.0 Å². The van der Waals surface area contributed by atoms with E-state index >= 15 is 0 Å². The van der Waals surface area contributed by atoms with Gasteiger partial charge in [0.15, 0.2) is 0 Å². The van der Waals surface area contributed by atoms with Crippen LogP contribution >= 0.6 is 0 Å². The summed E-state index contributed by atoms with van der Waals surface area (Å²) in [6, 6.07) is 20.2. The van der Waals surface area contributed by atoms with Crippen LogP contribution in [0.15, 0.2) is 91.4 Å². The number of nitrogens with one attached hydrogen (secondary N) is 2. The molecule has 0 spiro atoms. The number of piperazine rings is 1. The molecule has 54 heavy (non-hydrogen) atoms. The van der Waals surface area contributed by atoms with Crippen molar-refractivity contribution >= 4 is 11.8 Å². The third-order valence-corrected chi connectivity index (χ3v) is 10.2. The van der Waals surface area contributed by atoms with E-state index in [1.165, 1.54) is 0 Å². The van der Waals surface area contributed by atoms with Crippen molar-refractivity contribution in [2.75, 3.05) is 39.3 Å². The van der Waals surface area contributed by atoms with Gasteiger partial charge in [0.25, 0.3) is 0 Å². The topological polar surface area (TPSA) is 145 Å². The normalized spacial score (nSPS) is 20.7. The molecule has 12 nitrogen and oxygen atoms in total. The molecule has 4 N–H and O–H groups in total. The number of para-hydroxylation sites is 1. The summed E-state index contributed by atoms with van der Waals surface area (Å²) in [6.45, 7) is 3.09. The fourth-order valence-corrected chi connectivity index (χ4v) is 7.19. The zero-order valence-electron chi connectivity index (χ0n) is 30.2. The van der Waals surface area contributed by atoms with Crippen LogP contribution in [0.2, 0.25) is 0 Å². The lowest BCUT2D eigenvalue weighted by molar-refractivity contribution is -0.144. The summed E-state index contributed by atoms with van der Waals surface area (Å²) in [4.78, 5) is 35.3. The average molecular weight is 750 g/mol. The molecule has 1 fully saturated rings. The van der Waals surface area contributed by atoms with Crippen molar-refractivity contribution < 1.29 is 37.7 Å². The van der Waals surface area contributed by atoms with Crippen molar-refractivity contribution in [1.29, 1.82) is 0 Å². The number of β-amino-alcohol motifs (C(OH)–C–C–N with tert-alkyl or cyclic N) is 1. The van der Waals surface area contributed by atoms with E-state index in [1.807, 2.05) is 66.5 Å². The number of hydrogen-bond donors (Lipinski definition) is 4. The highest BCUT2D eigenvalue weighted by atomic mass is 19.4. The Hall–Kier alpha value is -4.83. The van der Waals surface area contributed by atoms with Crippen LogP contribution in [-0.4, -0.2) is 110 Å². The number of carbonyl (C=O) groups excluding carboxylic acids is 2. The Morgan fingerprint density at radius 3 is 2.52 bits per heavy atom. The molecule has 5 atom stereocenters. The van der Waals surface area contributed by atoms with E-state index in [9.17, 15) is 33.0 Å². The summed E-state index contributed by atoms with van der Waals surface area (Å²) in [7, 11) is 0. The number of alkyl halides is 3. The Balaban J connectivity index is 1.18. The third-order valence-electron chi connectivity index (χ3n) is 10.2. The van der Waals surface area contributed by atoms with Gasteiger partial charge in [-0.2, -0.15) is 18.3 Å². The molecule has 2 aliphatic heterocycles. The highest BCUT2D eigenvalue weighted by Crippen LogP contribution is 2.33. The first-order chi connectivity index (χ1) is 25.8. The van der Waals surface area contributed by atoms with Gasteiger partial charge in [-0.1, -0.05) is 48.5 Å². The Morgan fingerprint density at radius 1 is 1.02 bits per heavy atom. The largest absolute Gasteiger partial charge is 0.490 e. The molecule has 0 radical (unpaired) electrons. The molecule has 0 bridgehead atoms. The summed E-state index contributed by atoms with van der Waals surface area (Å²) >= 11 is 0. The Morgan fingerprint density at radius 2 is 1.78 bits per heavy atom. The first-order valence-corrected chi connectivity index (χ1v) is 18.0. The average Bonchev–Trinajstić information content (AvgIpc) is 3.67. The molecule has 2 aliphatic rings. The van der Waals surface area contributed by atoms with Crippen LogP contribution in [0.25, 0.3) is 5.69 Å². The standard InChI is InChI=1S/C39H46F3N7O5/c1-38(2,34-14-16-49(46-34)28-11-8-15-43-21-28)48-18-17-47(31(23-48)37(53)44-25-39(40,41)42)22-29(50)20-27(19-26-9-4-3-5-10-26)36(52)45-35-30-12-6-7-13-33(30)54-24-32(35)51/h3-16,21,27,29,31-32,35,50-51H,17-20,22-25H2,1-2H3,(H,44,53)(H,45,52)/t27-,29-,31-,32+,35-/m0/s1. The lowest BCUT2D eigenvalue weighted by atomic mass is 9.90. The molecule has 0 aliphatic carbocycles. The first-order valence-electron chi connectivity index (χ1n) is 18.0. The summed E-state index contributed by atoms with van der Waals surface area (Å²) < 4.78 is 47.0. The Bertz CT molecular complexity index is 1860. The Labute approximate surface area is 311 Å². The molecule has 15 heteroatoms. The maximum atomic E-state index is 14.0. The quantitative estimate of drug-likeness (QED) is 0.162. The van der Waals surface area contributed by atoms with E-state index in [2.05, 4.69) is 10.3 Å². The maximum Gasteiger partial charge on any atom is 0.405 e. The summed E-state index contributed by atoms with van der Waals surface area (Å²) in [5, 5.41) is 32.1. The number of fused-ring (bicyclic) bond motifs is 1. The van der Waals surface area contributed by atoms with Gasteiger partial charge >= 0.3 is 6.18 Å². The summed E-state index contributed by atoms with van der Waals surface area (Å²) in [5.41, 5.74) is 2.24. The monoisotopic (exact) mass is 749 g/mol. The van der Waals surface area contributed by atoms with Crippen molar-refractivity contribution in [3.8, 4) is 11.4 Å². The summed E-state index contributed by atoms with van der Waals surface area (Å²) in [6.07, 6.45) is -1.30. The van der Waals surface area contributed by atoms with Crippen molar-refractivity contribution in [3.63, 3.8) is 0 Å². The van der Waals surface area contributed by atoms with Crippen LogP contribution < -0.4 is 15.4 Å². The number of carbonyl (C=O) groups is 2. The van der Waals surface area contributed by atoms with Gasteiger partial charge in [0, 0.05) is 50.1 Å². The second-order valence-electron chi connectivity index (χ2n) is 14.4. The van der Waals surface area contributed by atoms with Crippen molar-refractivity contribution in [3.05, 3.63) is 108 Å². The van der Waals surface area contributed by atoms with E-state index < -0.39 is 54.4 Å². The summed E-state index contributed by atoms with van der Waals surface area (Å²) in [5.74, 6) is -1.37. The molecule has 2 amide bonds. The van der Waals surface area contributed by atoms with E-state index in [4.69, 9.17) is 9.84 Å².